The average molecular weight is 460 g/mol. The highest BCUT2D eigenvalue weighted by atomic mass is 35.5. The van der Waals surface area contributed by atoms with Crippen molar-refractivity contribution in [2.75, 3.05) is 24.8 Å². The number of Topliss-reactive ketones (excluding diaryl/α,β-unsaturated/α-hetero) is 1. The van der Waals surface area contributed by atoms with Crippen LogP contribution in [0.5, 0.6) is 17.2 Å². The van der Waals surface area contributed by atoms with E-state index >= 15 is 0 Å². The normalized spacial score (nSPS) is 21.7. The van der Waals surface area contributed by atoms with E-state index < -0.39 is 23.1 Å². The Balaban J connectivity index is 1.69. The van der Waals surface area contributed by atoms with Crippen molar-refractivity contribution in [3.8, 4) is 17.2 Å². The number of ketones is 2. The van der Waals surface area contributed by atoms with Gasteiger partial charge in [0, 0.05) is 29.4 Å². The monoisotopic (exact) mass is 459 g/mol. The lowest BCUT2D eigenvalue weighted by molar-refractivity contribution is -0.129. The Bertz CT molecular complexity index is 1150. The van der Waals surface area contributed by atoms with Gasteiger partial charge in [-0.25, -0.2) is 0 Å². The van der Waals surface area contributed by atoms with Crippen LogP contribution in [0.3, 0.4) is 0 Å². The predicted octanol–water partition coefficient (Wildman–Crippen LogP) is 3.97. The van der Waals surface area contributed by atoms with Crippen LogP contribution < -0.4 is 24.8 Å². The fraction of sp³-hybridized carbons (Fsp3) is 0.273. The summed E-state index contributed by atoms with van der Waals surface area (Å²) in [5.41, 5.74) is -0.605. The van der Waals surface area contributed by atoms with Gasteiger partial charge in [0.2, 0.25) is 17.2 Å². The maximum absolute atomic E-state index is 13.5. The van der Waals surface area contributed by atoms with Gasteiger partial charge in [0.1, 0.15) is 22.1 Å². The Morgan fingerprint density at radius 1 is 1.25 bits per heavy atom. The first kappa shape index (κ1) is 21.9. The van der Waals surface area contributed by atoms with Gasteiger partial charge in [-0.2, -0.15) is 0 Å². The van der Waals surface area contributed by atoms with E-state index in [0.717, 1.165) is 0 Å². The number of halogens is 1. The van der Waals surface area contributed by atoms with Crippen molar-refractivity contribution in [1.82, 2.24) is 0 Å². The van der Waals surface area contributed by atoms with E-state index in [0.29, 0.717) is 17.8 Å². The molecule has 4 rings (SSSR count). The molecule has 0 amide bonds. The molecule has 0 radical (unpaired) electrons. The van der Waals surface area contributed by atoms with E-state index in [4.69, 9.17) is 31.0 Å². The molecule has 2 N–H and O–H groups in total. The molecule has 32 heavy (non-hydrogen) atoms. The molecule has 0 saturated carbocycles. The molecule has 0 aromatic heterocycles. The van der Waals surface area contributed by atoms with Crippen molar-refractivity contribution >= 4 is 34.5 Å². The van der Waals surface area contributed by atoms with E-state index in [1.54, 1.807) is 19.1 Å². The molecule has 1 aliphatic carbocycles. The van der Waals surface area contributed by atoms with Crippen LogP contribution in [0.1, 0.15) is 23.7 Å². The van der Waals surface area contributed by atoms with Gasteiger partial charge < -0.3 is 30.0 Å². The Morgan fingerprint density at radius 2 is 1.97 bits per heavy atom. The van der Waals surface area contributed by atoms with Gasteiger partial charge in [-0.3, -0.25) is 14.8 Å². The molecular formula is C22H20ClN2O7-. The smallest absolute Gasteiger partial charge is 0.236 e. The lowest BCUT2D eigenvalue weighted by Gasteiger charge is -2.35. The molecule has 2 atom stereocenters. The zero-order valence-corrected chi connectivity index (χ0v) is 18.2. The van der Waals surface area contributed by atoms with Crippen LogP contribution in [0.15, 0.2) is 42.1 Å². The summed E-state index contributed by atoms with van der Waals surface area (Å²) in [6.07, 6.45) is 1.61. The second-order valence-corrected chi connectivity index (χ2v) is 7.93. The maximum Gasteiger partial charge on any atom is 0.236 e. The van der Waals surface area contributed by atoms with E-state index in [1.165, 1.54) is 38.5 Å². The SMILES string of the molecule is COc1cc(OC)c2c(c1Cl)O[C@@]1(C(=O)C=C(Nc3cccc(N([O-])O)c3)C[C@H]1C)C2=O. The summed E-state index contributed by atoms with van der Waals surface area (Å²) < 4.78 is 16.6. The average Bonchev–Trinajstić information content (AvgIpc) is 3.08. The fourth-order valence-electron chi connectivity index (χ4n) is 4.10. The summed E-state index contributed by atoms with van der Waals surface area (Å²) in [5, 5.41) is 23.1. The number of hydrogen-bond acceptors (Lipinski definition) is 9. The van der Waals surface area contributed by atoms with Gasteiger partial charge in [-0.1, -0.05) is 24.6 Å². The third-order valence-corrected chi connectivity index (χ3v) is 6.04. The van der Waals surface area contributed by atoms with Crippen LogP contribution in [-0.4, -0.2) is 36.6 Å². The number of nitrogens with one attached hydrogen (secondary N) is 1. The highest BCUT2D eigenvalue weighted by Gasteiger charge is 2.60. The fourth-order valence-corrected chi connectivity index (χ4v) is 4.37. The number of anilines is 2. The number of nitrogens with zero attached hydrogens (tertiary/aromatic N) is 1. The van der Waals surface area contributed by atoms with Crippen LogP contribution in [-0.2, 0) is 4.79 Å². The minimum atomic E-state index is -1.77. The summed E-state index contributed by atoms with van der Waals surface area (Å²) in [5.74, 6) is -1.09. The van der Waals surface area contributed by atoms with E-state index in [9.17, 15) is 14.8 Å². The first-order valence-electron chi connectivity index (χ1n) is 9.69. The van der Waals surface area contributed by atoms with Gasteiger partial charge in [-0.15, -0.1) is 0 Å². The van der Waals surface area contributed by atoms with Gasteiger partial charge >= 0.3 is 0 Å². The van der Waals surface area contributed by atoms with Crippen LogP contribution in [0, 0.1) is 11.1 Å². The number of fused-ring (bicyclic) bond motifs is 1. The van der Waals surface area contributed by atoms with Crippen molar-refractivity contribution < 1.29 is 29.0 Å². The molecule has 0 saturated heterocycles. The number of benzene rings is 2. The Morgan fingerprint density at radius 3 is 2.59 bits per heavy atom. The standard InChI is InChI=1S/C22H20ClN2O7/c1-11-7-13(24-12-5-4-6-14(8-12)25(28)29)9-17(26)22(11)21(27)18-15(30-2)10-16(31-3)19(23)20(18)32-22/h4-6,8-11,24,28H,7H2,1-3H3/q-1/t11-,22+/m1/s1. The molecule has 2 aromatic carbocycles. The number of carbonyl (C=O) groups is 2. The molecule has 1 spiro atoms. The van der Waals surface area contributed by atoms with Crippen LogP contribution in [0.4, 0.5) is 11.4 Å². The highest BCUT2D eigenvalue weighted by Crippen LogP contribution is 2.53. The van der Waals surface area contributed by atoms with Gasteiger partial charge in [-0.05, 0) is 24.6 Å². The van der Waals surface area contributed by atoms with Crippen molar-refractivity contribution in [2.45, 2.75) is 18.9 Å². The first-order valence-corrected chi connectivity index (χ1v) is 10.1. The Kier molecular flexibility index (Phi) is 5.49. The van der Waals surface area contributed by atoms with E-state index in [1.807, 2.05) is 0 Å². The number of methoxy groups -OCH3 is 2. The number of rotatable bonds is 5. The number of allylic oxidation sites excluding steroid dienone is 1. The Labute approximate surface area is 188 Å². The van der Waals surface area contributed by atoms with E-state index in [2.05, 4.69) is 5.32 Å². The maximum atomic E-state index is 13.5. The lowest BCUT2D eigenvalue weighted by atomic mass is 9.74. The zero-order chi connectivity index (χ0) is 23.2. The van der Waals surface area contributed by atoms with Gasteiger partial charge in [0.05, 0.1) is 19.9 Å². The van der Waals surface area contributed by atoms with E-state index in [-0.39, 0.29) is 38.7 Å². The van der Waals surface area contributed by atoms with Gasteiger partial charge in [0.25, 0.3) is 0 Å². The van der Waals surface area contributed by atoms with Gasteiger partial charge in [0.15, 0.2) is 5.75 Å². The molecule has 0 unspecified atom stereocenters. The third-order valence-electron chi connectivity index (χ3n) is 5.68. The second kappa shape index (κ2) is 8.01. The molecule has 0 bridgehead atoms. The molecule has 168 valence electrons. The van der Waals surface area contributed by atoms with Crippen LogP contribution in [0.25, 0.3) is 0 Å². The topological polar surface area (TPSA) is 120 Å². The molecule has 2 aromatic rings. The minimum Gasteiger partial charge on any atom is -0.733 e. The van der Waals surface area contributed by atoms with Crippen LogP contribution in [0.2, 0.25) is 5.02 Å². The number of ether oxygens (including phenoxy) is 3. The summed E-state index contributed by atoms with van der Waals surface area (Å²) in [4.78, 5) is 26.7. The molecule has 1 heterocycles. The summed E-state index contributed by atoms with van der Waals surface area (Å²) in [7, 11) is 2.82. The van der Waals surface area contributed by atoms with Crippen molar-refractivity contribution in [3.63, 3.8) is 0 Å². The van der Waals surface area contributed by atoms with Crippen molar-refractivity contribution in [2.24, 2.45) is 5.92 Å². The summed E-state index contributed by atoms with van der Waals surface area (Å²) >= 11 is 6.38. The summed E-state index contributed by atoms with van der Waals surface area (Å²) in [6.45, 7) is 1.73. The quantitative estimate of drug-likeness (QED) is 0.505. The molecule has 10 heteroatoms. The number of hydrogen-bond donors (Lipinski definition) is 2. The van der Waals surface area contributed by atoms with Crippen molar-refractivity contribution in [1.29, 1.82) is 0 Å². The van der Waals surface area contributed by atoms with Crippen LogP contribution >= 0.6 is 11.6 Å². The molecular weight excluding hydrogens is 440 g/mol. The lowest BCUT2D eigenvalue weighted by Crippen LogP contribution is -2.55. The minimum absolute atomic E-state index is 0.0303. The second-order valence-electron chi connectivity index (χ2n) is 7.55. The number of carbonyl (C=O) groups excluding carboxylic acids is 2. The summed E-state index contributed by atoms with van der Waals surface area (Å²) in [6, 6.07) is 7.60. The highest BCUT2D eigenvalue weighted by molar-refractivity contribution is 6.36. The molecule has 9 nitrogen and oxygen atoms in total. The molecule has 1 aliphatic heterocycles. The first-order chi connectivity index (χ1) is 15.2. The largest absolute Gasteiger partial charge is 0.733 e. The predicted molar refractivity (Wildman–Crippen MR) is 117 cm³/mol. The zero-order valence-electron chi connectivity index (χ0n) is 17.5. The van der Waals surface area contributed by atoms with Crippen molar-refractivity contribution in [3.05, 3.63) is 57.9 Å². The molecule has 2 aliphatic rings. The third kappa shape index (κ3) is 3.26. The Hall–Kier alpha value is -3.27. The molecule has 0 fully saturated rings.